The number of nitrogens with zero attached hydrogens (tertiary/aromatic N) is 2. The Labute approximate surface area is 204 Å². The molecule has 6 aromatic rings. The zero-order valence-corrected chi connectivity index (χ0v) is 23.9. The van der Waals surface area contributed by atoms with E-state index in [9.17, 15) is 0 Å². The molecule has 0 aliphatic rings. The zero-order valence-electron chi connectivity index (χ0n) is 21.8. The predicted octanol–water partition coefficient (Wildman–Crippen LogP) is 7.26. The summed E-state index contributed by atoms with van der Waals surface area (Å²) in [6.07, 6.45) is 3.33. The third-order valence-corrected chi connectivity index (χ3v) is 11.7. The standard InChI is InChI=1S/C31H35GeN2/c1-19-9-11-23-24-15-20(18-31(2,3)4)10-12-25(24)34-26-17-22(32(5,6)7)16-21-13-14-33(8)30(28(21)26)27(19)29(23)34/h9-17H,18H2,1-8H3/q+1. The van der Waals surface area contributed by atoms with E-state index in [1.165, 1.54) is 60.1 Å². The molecule has 6 rings (SSSR count). The molecular formula is C31H35GeN2+. The summed E-state index contributed by atoms with van der Waals surface area (Å²) < 4.78 is 6.48. The second kappa shape index (κ2) is 6.98. The Morgan fingerprint density at radius 2 is 1.62 bits per heavy atom. The summed E-state index contributed by atoms with van der Waals surface area (Å²) in [6, 6.07) is 19.2. The molecule has 0 amide bonds. The number of aromatic nitrogens is 2. The molecule has 0 aliphatic heterocycles. The molecule has 3 aromatic heterocycles. The van der Waals surface area contributed by atoms with E-state index in [1.54, 1.807) is 4.40 Å². The minimum atomic E-state index is -2.04. The SMILES string of the molecule is Cc1ccc2c3cc(CC(C)(C)C)ccc3n3c4c[c]([Ge]([CH3])([CH3])[CH3])cc5cc[n+](C)c(c1c23)c54. The number of hydrogen-bond acceptors (Lipinski definition) is 0. The number of hydrogen-bond donors (Lipinski definition) is 0. The summed E-state index contributed by atoms with van der Waals surface area (Å²) in [4.78, 5) is 0. The van der Waals surface area contributed by atoms with Crippen molar-refractivity contribution in [2.75, 3.05) is 0 Å². The van der Waals surface area contributed by atoms with Gasteiger partial charge in [0.05, 0.1) is 0 Å². The van der Waals surface area contributed by atoms with Crippen molar-refractivity contribution in [3.05, 3.63) is 65.9 Å². The molecule has 0 aliphatic carbocycles. The molecule has 0 N–H and O–H groups in total. The molecule has 2 nitrogen and oxygen atoms in total. The van der Waals surface area contributed by atoms with Crippen LogP contribution in [0, 0.1) is 12.3 Å². The van der Waals surface area contributed by atoms with Gasteiger partial charge in [0.1, 0.15) is 0 Å². The van der Waals surface area contributed by atoms with Crippen molar-refractivity contribution in [1.29, 1.82) is 0 Å². The van der Waals surface area contributed by atoms with Crippen LogP contribution in [0.4, 0.5) is 0 Å². The first-order valence-electron chi connectivity index (χ1n) is 12.5. The molecule has 0 fully saturated rings. The Bertz CT molecular complexity index is 1760. The fourth-order valence-electron chi connectivity index (χ4n) is 5.92. The number of aryl methyl sites for hydroxylation is 2. The molecule has 34 heavy (non-hydrogen) atoms. The van der Waals surface area contributed by atoms with Gasteiger partial charge in [0.2, 0.25) is 0 Å². The van der Waals surface area contributed by atoms with Gasteiger partial charge in [0.25, 0.3) is 0 Å². The van der Waals surface area contributed by atoms with Crippen molar-refractivity contribution < 1.29 is 4.57 Å². The van der Waals surface area contributed by atoms with E-state index in [0.717, 1.165) is 6.42 Å². The van der Waals surface area contributed by atoms with Gasteiger partial charge in [0, 0.05) is 0 Å². The summed E-state index contributed by atoms with van der Waals surface area (Å²) >= 11 is -2.04. The quantitative estimate of drug-likeness (QED) is 0.101. The Hall–Kier alpha value is -2.59. The summed E-state index contributed by atoms with van der Waals surface area (Å²) in [7, 11) is 2.20. The van der Waals surface area contributed by atoms with Crippen molar-refractivity contribution in [2.45, 2.75) is 51.4 Å². The second-order valence-corrected chi connectivity index (χ2v) is 23.2. The van der Waals surface area contributed by atoms with Gasteiger partial charge in [-0.25, -0.2) is 0 Å². The van der Waals surface area contributed by atoms with Crippen LogP contribution >= 0.6 is 0 Å². The van der Waals surface area contributed by atoms with E-state index >= 15 is 0 Å². The Balaban J connectivity index is 1.91. The predicted molar refractivity (Wildman–Crippen MR) is 151 cm³/mol. The first-order chi connectivity index (χ1) is 15.9. The zero-order chi connectivity index (χ0) is 24.2. The molecule has 0 bridgehead atoms. The van der Waals surface area contributed by atoms with E-state index in [2.05, 4.69) is 116 Å². The summed E-state index contributed by atoms with van der Waals surface area (Å²) in [5, 5.41) is 6.90. The van der Waals surface area contributed by atoms with Crippen molar-refractivity contribution in [3.63, 3.8) is 0 Å². The van der Waals surface area contributed by atoms with Gasteiger partial charge in [-0.05, 0) is 0 Å². The molecule has 0 saturated carbocycles. The van der Waals surface area contributed by atoms with Gasteiger partial charge in [-0.1, -0.05) is 0 Å². The van der Waals surface area contributed by atoms with Crippen LogP contribution < -0.4 is 8.96 Å². The van der Waals surface area contributed by atoms with E-state index in [0.29, 0.717) is 0 Å². The molecule has 0 atom stereocenters. The molecule has 0 radical (unpaired) electrons. The summed E-state index contributed by atoms with van der Waals surface area (Å²) in [6.45, 7) is 9.25. The van der Waals surface area contributed by atoms with Gasteiger partial charge in [0.15, 0.2) is 0 Å². The molecule has 3 heterocycles. The van der Waals surface area contributed by atoms with Crippen LogP contribution in [0.2, 0.25) is 17.3 Å². The Kier molecular flexibility index (Phi) is 4.50. The molecule has 3 aromatic carbocycles. The normalized spacial score (nSPS) is 13.4. The van der Waals surface area contributed by atoms with Crippen molar-refractivity contribution in [2.24, 2.45) is 12.5 Å². The van der Waals surface area contributed by atoms with Crippen LogP contribution in [0.3, 0.4) is 0 Å². The van der Waals surface area contributed by atoms with Gasteiger partial charge < -0.3 is 0 Å². The topological polar surface area (TPSA) is 8.29 Å². The second-order valence-electron chi connectivity index (χ2n) is 12.6. The molecular weight excluding hydrogens is 473 g/mol. The van der Waals surface area contributed by atoms with Gasteiger partial charge >= 0.3 is 205 Å². The number of rotatable bonds is 2. The van der Waals surface area contributed by atoms with Crippen LogP contribution in [-0.2, 0) is 13.5 Å². The molecule has 3 heteroatoms. The number of benzene rings is 3. The van der Waals surface area contributed by atoms with Crippen LogP contribution in [-0.4, -0.2) is 17.7 Å². The van der Waals surface area contributed by atoms with Crippen molar-refractivity contribution in [3.8, 4) is 0 Å². The Morgan fingerprint density at radius 1 is 0.853 bits per heavy atom. The third kappa shape index (κ3) is 3.11. The maximum absolute atomic E-state index is 2.58. The summed E-state index contributed by atoms with van der Waals surface area (Å²) in [5.74, 6) is 7.50. The van der Waals surface area contributed by atoms with Crippen LogP contribution in [0.15, 0.2) is 54.7 Å². The van der Waals surface area contributed by atoms with E-state index in [4.69, 9.17) is 0 Å². The Morgan fingerprint density at radius 3 is 2.32 bits per heavy atom. The number of pyridine rings is 2. The third-order valence-electron chi connectivity index (χ3n) is 7.50. The van der Waals surface area contributed by atoms with Gasteiger partial charge in [-0.2, -0.15) is 0 Å². The monoisotopic (exact) mass is 509 g/mol. The van der Waals surface area contributed by atoms with E-state index in [1.807, 2.05) is 0 Å². The minimum absolute atomic E-state index is 0.269. The van der Waals surface area contributed by atoms with Crippen molar-refractivity contribution >= 4 is 66.7 Å². The summed E-state index contributed by atoms with van der Waals surface area (Å²) in [5.41, 5.74) is 8.46. The fourth-order valence-corrected chi connectivity index (χ4v) is 8.35. The van der Waals surface area contributed by atoms with Crippen LogP contribution in [0.25, 0.3) is 49.0 Å². The molecule has 0 unspecified atom stereocenters. The van der Waals surface area contributed by atoms with Gasteiger partial charge in [-0.3, -0.25) is 0 Å². The van der Waals surface area contributed by atoms with Crippen molar-refractivity contribution in [1.82, 2.24) is 4.40 Å². The number of fused-ring (bicyclic) bond motifs is 5. The average molecular weight is 508 g/mol. The molecule has 172 valence electrons. The van der Waals surface area contributed by atoms with E-state index in [-0.39, 0.29) is 5.41 Å². The van der Waals surface area contributed by atoms with E-state index < -0.39 is 13.3 Å². The fraction of sp³-hybridized carbons (Fsp3) is 0.323. The first kappa shape index (κ1) is 21.9. The van der Waals surface area contributed by atoms with Crippen LogP contribution in [0.1, 0.15) is 31.9 Å². The average Bonchev–Trinajstić information content (AvgIpc) is 3.06. The maximum atomic E-state index is 2.58. The van der Waals surface area contributed by atoms with Crippen LogP contribution in [0.5, 0.6) is 0 Å². The van der Waals surface area contributed by atoms with Gasteiger partial charge in [-0.15, -0.1) is 0 Å². The first-order valence-corrected chi connectivity index (χ1v) is 19.8. The molecule has 0 spiro atoms. The molecule has 0 saturated heterocycles.